The molecule has 0 N–H and O–H groups in total. The van der Waals surface area contributed by atoms with Gasteiger partial charge in [-0.15, -0.1) is 0 Å². The summed E-state index contributed by atoms with van der Waals surface area (Å²) in [5, 5.41) is 0. The smallest absolute Gasteiger partial charge is 0.135 e. The minimum absolute atomic E-state index is 0.0150. The van der Waals surface area contributed by atoms with Gasteiger partial charge in [0.2, 0.25) is 0 Å². The zero-order chi connectivity index (χ0) is 8.27. The van der Waals surface area contributed by atoms with Gasteiger partial charge in [-0.25, -0.2) is 0 Å². The van der Waals surface area contributed by atoms with E-state index in [1.807, 2.05) is 6.08 Å². The van der Waals surface area contributed by atoms with Crippen LogP contribution in [0.15, 0.2) is 12.2 Å². The van der Waals surface area contributed by atoms with Gasteiger partial charge in [-0.3, -0.25) is 4.79 Å². The first-order chi connectivity index (χ1) is 5.25. The molecule has 11 heavy (non-hydrogen) atoms. The van der Waals surface area contributed by atoms with E-state index >= 15 is 0 Å². The number of Topliss-reactive ketones (excluding diaryl/α,β-unsaturated/α-hetero) is 1. The number of hydrogen-bond donors (Lipinski definition) is 0. The van der Waals surface area contributed by atoms with E-state index in [0.29, 0.717) is 0 Å². The van der Waals surface area contributed by atoms with Crippen LogP contribution in [0.1, 0.15) is 19.8 Å². The second-order valence-corrected chi connectivity index (χ2v) is 2.92. The summed E-state index contributed by atoms with van der Waals surface area (Å²) in [6, 6.07) is 0. The summed E-state index contributed by atoms with van der Waals surface area (Å²) >= 11 is 0. The van der Waals surface area contributed by atoms with Crippen molar-refractivity contribution < 1.29 is 9.53 Å². The van der Waals surface area contributed by atoms with E-state index in [2.05, 4.69) is 6.08 Å². The highest BCUT2D eigenvalue weighted by atomic mass is 16.5. The topological polar surface area (TPSA) is 26.3 Å². The van der Waals surface area contributed by atoms with Crippen LogP contribution in [0.3, 0.4) is 0 Å². The van der Waals surface area contributed by atoms with E-state index < -0.39 is 0 Å². The summed E-state index contributed by atoms with van der Waals surface area (Å²) in [6.07, 6.45) is 6.01. The van der Waals surface area contributed by atoms with Crippen LogP contribution >= 0.6 is 0 Å². The molecule has 1 rings (SSSR count). The molecule has 2 atom stereocenters. The van der Waals surface area contributed by atoms with Crippen LogP contribution in [0.5, 0.6) is 0 Å². The van der Waals surface area contributed by atoms with Gasteiger partial charge in [0.15, 0.2) is 0 Å². The van der Waals surface area contributed by atoms with Gasteiger partial charge in [-0.2, -0.15) is 0 Å². The normalized spacial score (nSPS) is 30.4. The summed E-state index contributed by atoms with van der Waals surface area (Å²) < 4.78 is 5.16. The Morgan fingerprint density at radius 1 is 1.64 bits per heavy atom. The number of ketones is 1. The molecule has 0 fully saturated rings. The monoisotopic (exact) mass is 154 g/mol. The van der Waals surface area contributed by atoms with Crippen molar-refractivity contribution in [1.29, 1.82) is 0 Å². The second-order valence-electron chi connectivity index (χ2n) is 2.92. The van der Waals surface area contributed by atoms with Gasteiger partial charge in [-0.05, 0) is 19.8 Å². The number of rotatable bonds is 2. The molecule has 0 aromatic carbocycles. The third-order valence-corrected chi connectivity index (χ3v) is 2.16. The van der Waals surface area contributed by atoms with Crippen molar-refractivity contribution in [2.24, 2.45) is 5.92 Å². The van der Waals surface area contributed by atoms with Crippen LogP contribution in [0.25, 0.3) is 0 Å². The fourth-order valence-corrected chi connectivity index (χ4v) is 1.48. The van der Waals surface area contributed by atoms with Crippen LogP contribution in [-0.2, 0) is 9.53 Å². The first-order valence-corrected chi connectivity index (χ1v) is 3.95. The van der Waals surface area contributed by atoms with Gasteiger partial charge in [0.25, 0.3) is 0 Å². The molecule has 0 aromatic heterocycles. The Balaban J connectivity index is 2.63. The minimum atomic E-state index is 0.0150. The van der Waals surface area contributed by atoms with E-state index in [-0.39, 0.29) is 17.8 Å². The second kappa shape index (κ2) is 3.67. The number of carbonyl (C=O) groups is 1. The van der Waals surface area contributed by atoms with Crippen molar-refractivity contribution in [1.82, 2.24) is 0 Å². The first kappa shape index (κ1) is 8.47. The molecule has 0 bridgehead atoms. The molecule has 0 heterocycles. The average molecular weight is 154 g/mol. The van der Waals surface area contributed by atoms with Crippen molar-refractivity contribution in [3.05, 3.63) is 12.2 Å². The third kappa shape index (κ3) is 1.90. The maximum absolute atomic E-state index is 11.1. The maximum Gasteiger partial charge on any atom is 0.135 e. The summed E-state index contributed by atoms with van der Waals surface area (Å²) in [5.74, 6) is 0.325. The Labute approximate surface area is 67.2 Å². The SMILES string of the molecule is CO[C@H]1C=CCC[C@H]1C(C)=O. The highest BCUT2D eigenvalue weighted by Crippen LogP contribution is 2.21. The Hall–Kier alpha value is -0.630. The van der Waals surface area contributed by atoms with Crippen molar-refractivity contribution in [2.75, 3.05) is 7.11 Å². The molecule has 0 saturated carbocycles. The Morgan fingerprint density at radius 2 is 2.36 bits per heavy atom. The van der Waals surface area contributed by atoms with E-state index in [4.69, 9.17) is 4.74 Å². The van der Waals surface area contributed by atoms with Gasteiger partial charge >= 0.3 is 0 Å². The zero-order valence-corrected chi connectivity index (χ0v) is 7.04. The molecule has 2 heteroatoms. The van der Waals surface area contributed by atoms with Crippen molar-refractivity contribution >= 4 is 5.78 Å². The lowest BCUT2D eigenvalue weighted by molar-refractivity contribution is -0.124. The first-order valence-electron chi connectivity index (χ1n) is 3.95. The number of allylic oxidation sites excluding steroid dienone is 1. The third-order valence-electron chi connectivity index (χ3n) is 2.16. The maximum atomic E-state index is 11.1. The highest BCUT2D eigenvalue weighted by Gasteiger charge is 2.24. The van der Waals surface area contributed by atoms with Gasteiger partial charge in [0.1, 0.15) is 5.78 Å². The standard InChI is InChI=1S/C9H14O2/c1-7(10)8-5-3-4-6-9(8)11-2/h4,6,8-9H,3,5H2,1-2H3/t8-,9-/m0/s1. The van der Waals surface area contributed by atoms with E-state index in [9.17, 15) is 4.79 Å². The van der Waals surface area contributed by atoms with Crippen LogP contribution < -0.4 is 0 Å². The van der Waals surface area contributed by atoms with Crippen LogP contribution in [0.4, 0.5) is 0 Å². The number of methoxy groups -OCH3 is 1. The van der Waals surface area contributed by atoms with Crippen molar-refractivity contribution in [3.63, 3.8) is 0 Å². The van der Waals surface area contributed by atoms with Crippen LogP contribution in [0.2, 0.25) is 0 Å². The molecular formula is C9H14O2. The molecule has 0 spiro atoms. The number of hydrogen-bond acceptors (Lipinski definition) is 2. The van der Waals surface area contributed by atoms with E-state index in [1.165, 1.54) is 0 Å². The predicted octanol–water partition coefficient (Wildman–Crippen LogP) is 1.56. The fourth-order valence-electron chi connectivity index (χ4n) is 1.48. The molecule has 1 aliphatic carbocycles. The van der Waals surface area contributed by atoms with Gasteiger partial charge in [0.05, 0.1) is 6.10 Å². The summed E-state index contributed by atoms with van der Waals surface area (Å²) in [5.41, 5.74) is 0. The van der Waals surface area contributed by atoms with Crippen LogP contribution in [-0.4, -0.2) is 19.0 Å². The average Bonchev–Trinajstić information content (AvgIpc) is 2.04. The molecule has 0 aliphatic heterocycles. The molecule has 1 aliphatic rings. The van der Waals surface area contributed by atoms with Crippen molar-refractivity contribution in [3.8, 4) is 0 Å². The molecule has 0 aromatic rings. The molecule has 2 nitrogen and oxygen atoms in total. The van der Waals surface area contributed by atoms with E-state index in [0.717, 1.165) is 12.8 Å². The highest BCUT2D eigenvalue weighted by molar-refractivity contribution is 5.79. The Morgan fingerprint density at radius 3 is 2.82 bits per heavy atom. The molecular weight excluding hydrogens is 140 g/mol. The summed E-state index contributed by atoms with van der Waals surface area (Å²) in [6.45, 7) is 1.63. The summed E-state index contributed by atoms with van der Waals surface area (Å²) in [7, 11) is 1.65. The van der Waals surface area contributed by atoms with Crippen molar-refractivity contribution in [2.45, 2.75) is 25.9 Å². The Bertz CT molecular complexity index is 172. The lowest BCUT2D eigenvalue weighted by Crippen LogP contribution is -2.28. The molecule has 62 valence electrons. The molecule has 0 amide bonds. The lowest BCUT2D eigenvalue weighted by Gasteiger charge is -2.23. The van der Waals surface area contributed by atoms with E-state index in [1.54, 1.807) is 14.0 Å². The zero-order valence-electron chi connectivity index (χ0n) is 7.04. The fraction of sp³-hybridized carbons (Fsp3) is 0.667. The minimum Gasteiger partial charge on any atom is -0.377 e. The number of ether oxygens (including phenoxy) is 1. The Kier molecular flexibility index (Phi) is 2.83. The molecule has 0 unspecified atom stereocenters. The summed E-state index contributed by atoms with van der Waals surface area (Å²) in [4.78, 5) is 11.1. The van der Waals surface area contributed by atoms with Gasteiger partial charge in [0, 0.05) is 13.0 Å². The lowest BCUT2D eigenvalue weighted by atomic mass is 9.89. The quantitative estimate of drug-likeness (QED) is 0.564. The molecule has 0 saturated heterocycles. The largest absolute Gasteiger partial charge is 0.377 e. The van der Waals surface area contributed by atoms with Gasteiger partial charge in [-0.1, -0.05) is 12.2 Å². The predicted molar refractivity (Wildman–Crippen MR) is 43.3 cm³/mol. The van der Waals surface area contributed by atoms with Gasteiger partial charge < -0.3 is 4.74 Å². The van der Waals surface area contributed by atoms with Crippen LogP contribution in [0, 0.1) is 5.92 Å². The molecule has 0 radical (unpaired) electrons. The number of carbonyl (C=O) groups excluding carboxylic acids is 1.